The van der Waals surface area contributed by atoms with Crippen molar-refractivity contribution in [3.63, 3.8) is 0 Å². The van der Waals surface area contributed by atoms with Crippen LogP contribution in [0, 0.1) is 17.0 Å². The highest BCUT2D eigenvalue weighted by Crippen LogP contribution is 2.25. The van der Waals surface area contributed by atoms with Gasteiger partial charge in [0, 0.05) is 35.1 Å². The number of non-ortho nitro benzene ring substituents is 1. The molecule has 0 unspecified atom stereocenters. The Morgan fingerprint density at radius 3 is 2.72 bits per heavy atom. The van der Waals surface area contributed by atoms with Gasteiger partial charge in [0.2, 0.25) is 0 Å². The molecule has 0 aliphatic carbocycles. The molecule has 0 fully saturated rings. The molecule has 1 aromatic rings. The van der Waals surface area contributed by atoms with Gasteiger partial charge in [-0.15, -0.1) is 12.6 Å². The van der Waals surface area contributed by atoms with Crippen molar-refractivity contribution in [3.8, 4) is 0 Å². The van der Waals surface area contributed by atoms with Crippen molar-refractivity contribution in [1.82, 2.24) is 0 Å². The fourth-order valence-electron chi connectivity index (χ4n) is 1.18. The molecule has 0 aromatic heterocycles. The number of hydrogen-bond acceptors (Lipinski definition) is 5. The summed E-state index contributed by atoms with van der Waals surface area (Å²) in [5, 5.41) is 10.7. The van der Waals surface area contributed by atoms with Crippen LogP contribution in [0.25, 0.3) is 0 Å². The molecule has 0 spiro atoms. The molecule has 0 saturated carbocycles. The lowest BCUT2D eigenvalue weighted by Crippen LogP contribution is -2.06. The molecular formula is C12H11NO4S. The fraction of sp³-hybridized carbons (Fsp3) is 0.167. The predicted octanol–water partition coefficient (Wildman–Crippen LogP) is 2.56. The topological polar surface area (TPSA) is 69.4 Å². The standard InChI is InChI=1S/C12H11NO4S/c1-7(2)12(14)17-6-9-5-10(13(15)16)4-8(3)11(9)18/h3-5,18H,1,6H2,2H3. The summed E-state index contributed by atoms with van der Waals surface area (Å²) in [5.41, 5.74) is 0.606. The molecule has 0 saturated heterocycles. The SMILES string of the molecule is [CH]c1cc([N+](=O)[O-])cc(COC(=O)C(=C)C)c1S. The molecule has 0 bridgehead atoms. The van der Waals surface area contributed by atoms with E-state index in [0.29, 0.717) is 10.5 Å². The second-order valence-electron chi connectivity index (χ2n) is 3.66. The zero-order valence-electron chi connectivity index (χ0n) is 9.67. The minimum Gasteiger partial charge on any atom is -0.457 e. The van der Waals surface area contributed by atoms with E-state index >= 15 is 0 Å². The third-order valence-corrected chi connectivity index (χ3v) is 2.67. The van der Waals surface area contributed by atoms with Crippen molar-refractivity contribution in [3.05, 3.63) is 52.4 Å². The van der Waals surface area contributed by atoms with E-state index in [4.69, 9.17) is 11.7 Å². The number of nitrogens with zero attached hydrogens (tertiary/aromatic N) is 1. The van der Waals surface area contributed by atoms with Crippen LogP contribution in [0.2, 0.25) is 0 Å². The molecule has 94 valence electrons. The molecule has 0 aliphatic heterocycles. The van der Waals surface area contributed by atoms with E-state index in [9.17, 15) is 14.9 Å². The quantitative estimate of drug-likeness (QED) is 0.298. The molecule has 1 aromatic carbocycles. The van der Waals surface area contributed by atoms with Gasteiger partial charge >= 0.3 is 5.97 Å². The van der Waals surface area contributed by atoms with Gasteiger partial charge in [-0.05, 0) is 12.5 Å². The third-order valence-electron chi connectivity index (χ3n) is 2.12. The van der Waals surface area contributed by atoms with Gasteiger partial charge in [-0.2, -0.15) is 0 Å². The normalized spacial score (nSPS) is 9.94. The summed E-state index contributed by atoms with van der Waals surface area (Å²) in [7, 11) is 0. The number of carbonyl (C=O) groups is 1. The van der Waals surface area contributed by atoms with Crippen LogP contribution in [-0.4, -0.2) is 10.9 Å². The minimum atomic E-state index is -0.576. The zero-order chi connectivity index (χ0) is 13.9. The van der Waals surface area contributed by atoms with Crippen LogP contribution in [-0.2, 0) is 16.1 Å². The van der Waals surface area contributed by atoms with Crippen molar-refractivity contribution in [2.45, 2.75) is 18.4 Å². The second kappa shape index (κ2) is 5.68. The maximum Gasteiger partial charge on any atom is 0.333 e. The van der Waals surface area contributed by atoms with E-state index in [-0.39, 0.29) is 23.4 Å². The number of benzene rings is 1. The fourth-order valence-corrected chi connectivity index (χ4v) is 1.38. The number of thiol groups is 1. The molecular weight excluding hydrogens is 254 g/mol. The number of esters is 1. The van der Waals surface area contributed by atoms with Crippen molar-refractivity contribution in [1.29, 1.82) is 0 Å². The number of nitro benzene ring substituents is 1. The molecule has 0 aliphatic rings. The van der Waals surface area contributed by atoms with Gasteiger partial charge in [0.15, 0.2) is 0 Å². The van der Waals surface area contributed by atoms with Crippen molar-refractivity contribution in [2.75, 3.05) is 0 Å². The second-order valence-corrected chi connectivity index (χ2v) is 4.10. The van der Waals surface area contributed by atoms with Crippen molar-refractivity contribution >= 4 is 24.3 Å². The van der Waals surface area contributed by atoms with Gasteiger partial charge in [-0.3, -0.25) is 10.1 Å². The highest BCUT2D eigenvalue weighted by atomic mass is 32.1. The third kappa shape index (κ3) is 3.33. The highest BCUT2D eigenvalue weighted by Gasteiger charge is 2.14. The van der Waals surface area contributed by atoms with Gasteiger partial charge in [-0.25, -0.2) is 4.79 Å². The Morgan fingerprint density at radius 2 is 2.22 bits per heavy atom. The van der Waals surface area contributed by atoms with Gasteiger partial charge in [0.25, 0.3) is 5.69 Å². The van der Waals surface area contributed by atoms with Crippen LogP contribution in [0.4, 0.5) is 5.69 Å². The number of hydrogen-bond donors (Lipinski definition) is 1. The maximum atomic E-state index is 11.2. The molecule has 5 nitrogen and oxygen atoms in total. The summed E-state index contributed by atoms with van der Waals surface area (Å²) in [4.78, 5) is 21.7. The Labute approximate surface area is 110 Å². The minimum absolute atomic E-state index is 0.142. The van der Waals surface area contributed by atoms with Crippen LogP contribution in [0.5, 0.6) is 0 Å². The molecule has 0 heterocycles. The van der Waals surface area contributed by atoms with Gasteiger partial charge in [-0.1, -0.05) is 6.58 Å². The summed E-state index contributed by atoms with van der Waals surface area (Å²) in [5.74, 6) is -0.576. The van der Waals surface area contributed by atoms with E-state index in [1.165, 1.54) is 19.1 Å². The lowest BCUT2D eigenvalue weighted by molar-refractivity contribution is -0.385. The molecule has 2 radical (unpaired) electrons. The maximum absolute atomic E-state index is 11.2. The molecule has 0 N–H and O–H groups in total. The van der Waals surface area contributed by atoms with Crippen molar-refractivity contribution in [2.24, 2.45) is 0 Å². The molecule has 18 heavy (non-hydrogen) atoms. The van der Waals surface area contributed by atoms with Gasteiger partial charge < -0.3 is 4.74 Å². The number of nitro groups is 1. The van der Waals surface area contributed by atoms with Gasteiger partial charge in [0.05, 0.1) is 4.92 Å². The van der Waals surface area contributed by atoms with Crippen LogP contribution in [0.15, 0.2) is 29.2 Å². The van der Waals surface area contributed by atoms with Gasteiger partial charge in [0.1, 0.15) is 6.61 Å². The first-order valence-corrected chi connectivity index (χ1v) is 5.36. The first-order valence-electron chi connectivity index (χ1n) is 4.91. The zero-order valence-corrected chi connectivity index (χ0v) is 10.6. The van der Waals surface area contributed by atoms with Crippen molar-refractivity contribution < 1.29 is 14.5 Å². The van der Waals surface area contributed by atoms with Crippen LogP contribution in [0.1, 0.15) is 18.1 Å². The number of ether oxygens (including phenoxy) is 1. The smallest absolute Gasteiger partial charge is 0.333 e. The Kier molecular flexibility index (Phi) is 4.49. The van der Waals surface area contributed by atoms with E-state index in [2.05, 4.69) is 19.2 Å². The largest absolute Gasteiger partial charge is 0.457 e. The average molecular weight is 265 g/mol. The molecule has 6 heteroatoms. The predicted molar refractivity (Wildman–Crippen MR) is 68.4 cm³/mol. The van der Waals surface area contributed by atoms with E-state index in [1.807, 2.05) is 0 Å². The Morgan fingerprint density at radius 1 is 1.61 bits per heavy atom. The first-order chi connectivity index (χ1) is 8.32. The summed E-state index contributed by atoms with van der Waals surface area (Å²) in [6.07, 6.45) is 0. The van der Waals surface area contributed by atoms with E-state index in [1.54, 1.807) is 0 Å². The van der Waals surface area contributed by atoms with E-state index < -0.39 is 10.9 Å². The number of carbonyl (C=O) groups excluding carboxylic acids is 1. The summed E-state index contributed by atoms with van der Waals surface area (Å²) in [6, 6.07) is 2.47. The summed E-state index contributed by atoms with van der Waals surface area (Å²) in [6.45, 7) is 10.4. The molecule has 0 amide bonds. The first kappa shape index (κ1) is 14.2. The Bertz CT molecular complexity index is 525. The Balaban J connectivity index is 2.98. The summed E-state index contributed by atoms with van der Waals surface area (Å²) < 4.78 is 4.89. The lowest BCUT2D eigenvalue weighted by atomic mass is 10.1. The molecule has 1 rings (SSSR count). The molecule has 0 atom stereocenters. The number of rotatable bonds is 4. The van der Waals surface area contributed by atoms with Crippen LogP contribution in [0.3, 0.4) is 0 Å². The summed E-state index contributed by atoms with van der Waals surface area (Å²) >= 11 is 4.12. The Hall–Kier alpha value is -1.82. The van der Waals surface area contributed by atoms with Crippen LogP contribution < -0.4 is 0 Å². The highest BCUT2D eigenvalue weighted by molar-refractivity contribution is 7.80. The van der Waals surface area contributed by atoms with E-state index in [0.717, 1.165) is 0 Å². The monoisotopic (exact) mass is 265 g/mol. The average Bonchev–Trinajstić information content (AvgIpc) is 2.29. The lowest BCUT2D eigenvalue weighted by Gasteiger charge is -2.09. The van der Waals surface area contributed by atoms with Crippen LogP contribution >= 0.6 is 12.6 Å².